The third-order valence-corrected chi connectivity index (χ3v) is 3.01. The van der Waals surface area contributed by atoms with Crippen LogP contribution < -0.4 is 10.5 Å². The van der Waals surface area contributed by atoms with Gasteiger partial charge in [0, 0.05) is 7.11 Å². The molecule has 21 heavy (non-hydrogen) atoms. The lowest BCUT2D eigenvalue weighted by Crippen LogP contribution is -2.21. The van der Waals surface area contributed by atoms with Gasteiger partial charge in [-0.05, 0) is 17.5 Å². The molecule has 6 nitrogen and oxygen atoms in total. The Morgan fingerprint density at radius 3 is 2.62 bits per heavy atom. The molecular formula is C15H21N3O3. The van der Waals surface area contributed by atoms with Gasteiger partial charge in [-0.1, -0.05) is 38.1 Å². The zero-order chi connectivity index (χ0) is 15.5. The summed E-state index contributed by atoms with van der Waals surface area (Å²) < 4.78 is 16.2. The average molecular weight is 291 g/mol. The molecular weight excluding hydrogens is 270 g/mol. The summed E-state index contributed by atoms with van der Waals surface area (Å²) in [6, 6.07) is 7.26. The zero-order valence-electron chi connectivity index (χ0n) is 12.8. The van der Waals surface area contributed by atoms with E-state index >= 15 is 0 Å². The highest BCUT2D eigenvalue weighted by Crippen LogP contribution is 2.33. The zero-order valence-corrected chi connectivity index (χ0v) is 12.8. The van der Waals surface area contributed by atoms with Crippen LogP contribution in [0.15, 0.2) is 28.8 Å². The smallest absolute Gasteiger partial charge is 0.264 e. The molecule has 2 rings (SSSR count). The van der Waals surface area contributed by atoms with E-state index in [9.17, 15) is 0 Å². The minimum Gasteiger partial charge on any atom is -0.482 e. The topological polar surface area (TPSA) is 83.4 Å². The van der Waals surface area contributed by atoms with Gasteiger partial charge in [-0.15, -0.1) is 0 Å². The first-order valence-corrected chi connectivity index (χ1v) is 6.74. The Labute approximate surface area is 124 Å². The highest BCUT2D eigenvalue weighted by Gasteiger charge is 2.30. The van der Waals surface area contributed by atoms with Crippen LogP contribution in [0.2, 0.25) is 0 Å². The summed E-state index contributed by atoms with van der Waals surface area (Å²) in [6.07, 6.45) is -0.239. The molecule has 0 fully saturated rings. The molecule has 114 valence electrons. The molecule has 2 N–H and O–H groups in total. The molecule has 0 aliphatic carbocycles. The molecule has 0 aliphatic rings. The molecule has 0 amide bonds. The summed E-state index contributed by atoms with van der Waals surface area (Å²) in [7, 11) is 1.63. The van der Waals surface area contributed by atoms with E-state index in [0.717, 1.165) is 0 Å². The first-order valence-electron chi connectivity index (χ1n) is 6.74. The van der Waals surface area contributed by atoms with Crippen molar-refractivity contribution in [3.8, 4) is 5.75 Å². The molecule has 0 spiro atoms. The van der Waals surface area contributed by atoms with E-state index in [4.69, 9.17) is 19.7 Å². The van der Waals surface area contributed by atoms with Gasteiger partial charge in [0.1, 0.15) is 11.9 Å². The Hall–Kier alpha value is -2.08. The number of anilines is 1. The Morgan fingerprint density at radius 1 is 1.29 bits per heavy atom. The first-order chi connectivity index (χ1) is 9.91. The number of aromatic nitrogens is 2. The maximum atomic E-state index is 5.81. The van der Waals surface area contributed by atoms with Crippen molar-refractivity contribution in [2.45, 2.75) is 33.5 Å². The lowest BCUT2D eigenvalue weighted by molar-refractivity contribution is 0.00718. The summed E-state index contributed by atoms with van der Waals surface area (Å²) >= 11 is 0. The van der Waals surface area contributed by atoms with Crippen molar-refractivity contribution in [3.63, 3.8) is 0 Å². The van der Waals surface area contributed by atoms with Crippen LogP contribution >= 0.6 is 0 Å². The first kappa shape index (κ1) is 15.3. The molecule has 2 aromatic rings. The van der Waals surface area contributed by atoms with E-state index in [1.54, 1.807) is 19.2 Å². The van der Waals surface area contributed by atoms with Crippen LogP contribution in [0.25, 0.3) is 0 Å². The molecule has 1 unspecified atom stereocenters. The Kier molecular flexibility index (Phi) is 4.47. The van der Waals surface area contributed by atoms with E-state index < -0.39 is 0 Å². The number of nitrogens with zero attached hydrogens (tertiary/aromatic N) is 2. The fraction of sp³-hybridized carbons (Fsp3) is 0.467. The third kappa shape index (κ3) is 3.72. The molecule has 0 bridgehead atoms. The van der Waals surface area contributed by atoms with E-state index in [1.807, 2.05) is 12.1 Å². The van der Waals surface area contributed by atoms with Crippen LogP contribution in [-0.4, -0.2) is 17.3 Å². The van der Waals surface area contributed by atoms with E-state index in [1.165, 1.54) is 0 Å². The largest absolute Gasteiger partial charge is 0.482 e. The van der Waals surface area contributed by atoms with Crippen LogP contribution in [0.5, 0.6) is 5.75 Å². The summed E-state index contributed by atoms with van der Waals surface area (Å²) in [5.41, 5.74) is 6.25. The average Bonchev–Trinajstić information content (AvgIpc) is 2.85. The number of hydrogen-bond acceptors (Lipinski definition) is 6. The molecule has 1 aromatic carbocycles. The van der Waals surface area contributed by atoms with Crippen molar-refractivity contribution in [1.29, 1.82) is 0 Å². The highest BCUT2D eigenvalue weighted by atomic mass is 16.5. The molecule has 0 aliphatic heterocycles. The van der Waals surface area contributed by atoms with Gasteiger partial charge in [0.05, 0.1) is 5.69 Å². The number of methoxy groups -OCH3 is 1. The SMILES string of the molecule is COC(c1noc(COc2ccccc2N)n1)C(C)(C)C. The predicted octanol–water partition coefficient (Wildman–Crippen LogP) is 2.96. The predicted molar refractivity (Wildman–Crippen MR) is 78.7 cm³/mol. The Bertz CT molecular complexity index is 590. The van der Waals surface area contributed by atoms with E-state index in [0.29, 0.717) is 23.2 Å². The van der Waals surface area contributed by atoms with E-state index in [2.05, 4.69) is 30.9 Å². The second kappa shape index (κ2) is 6.13. The van der Waals surface area contributed by atoms with E-state index in [-0.39, 0.29) is 18.1 Å². The van der Waals surface area contributed by atoms with Crippen molar-refractivity contribution in [2.24, 2.45) is 5.41 Å². The highest BCUT2D eigenvalue weighted by molar-refractivity contribution is 5.51. The van der Waals surface area contributed by atoms with Gasteiger partial charge in [-0.25, -0.2) is 0 Å². The minimum atomic E-state index is -0.239. The van der Waals surface area contributed by atoms with Crippen LogP contribution in [0, 0.1) is 5.41 Å². The number of rotatable bonds is 5. The molecule has 1 atom stereocenters. The lowest BCUT2D eigenvalue weighted by atomic mass is 9.88. The van der Waals surface area contributed by atoms with Gasteiger partial charge in [0.15, 0.2) is 6.61 Å². The van der Waals surface area contributed by atoms with Gasteiger partial charge in [-0.3, -0.25) is 0 Å². The van der Waals surface area contributed by atoms with Crippen LogP contribution in [0.3, 0.4) is 0 Å². The maximum absolute atomic E-state index is 5.81. The fourth-order valence-corrected chi connectivity index (χ4v) is 2.03. The summed E-state index contributed by atoms with van der Waals surface area (Å²) in [4.78, 5) is 4.32. The van der Waals surface area contributed by atoms with Crippen LogP contribution in [0.4, 0.5) is 5.69 Å². The van der Waals surface area contributed by atoms with Gasteiger partial charge >= 0.3 is 0 Å². The van der Waals surface area contributed by atoms with Gasteiger partial charge in [-0.2, -0.15) is 4.98 Å². The third-order valence-electron chi connectivity index (χ3n) is 3.01. The van der Waals surface area contributed by atoms with Crippen molar-refractivity contribution < 1.29 is 14.0 Å². The number of nitrogens with two attached hydrogens (primary N) is 1. The van der Waals surface area contributed by atoms with Gasteiger partial charge in [0.2, 0.25) is 5.82 Å². The quantitative estimate of drug-likeness (QED) is 0.853. The van der Waals surface area contributed by atoms with Crippen LogP contribution in [-0.2, 0) is 11.3 Å². The van der Waals surface area contributed by atoms with Crippen molar-refractivity contribution in [2.75, 3.05) is 12.8 Å². The Balaban J connectivity index is 2.05. The number of hydrogen-bond donors (Lipinski definition) is 1. The fourth-order valence-electron chi connectivity index (χ4n) is 2.03. The van der Waals surface area contributed by atoms with Gasteiger partial charge < -0.3 is 19.7 Å². The summed E-state index contributed by atoms with van der Waals surface area (Å²) in [5.74, 6) is 1.50. The van der Waals surface area contributed by atoms with Gasteiger partial charge in [0.25, 0.3) is 5.89 Å². The minimum absolute atomic E-state index is 0.124. The molecule has 0 saturated carbocycles. The lowest BCUT2D eigenvalue weighted by Gasteiger charge is -2.26. The number of nitrogen functional groups attached to an aromatic ring is 1. The number of ether oxygens (including phenoxy) is 2. The monoisotopic (exact) mass is 291 g/mol. The second-order valence-corrected chi connectivity index (χ2v) is 5.85. The van der Waals surface area contributed by atoms with Crippen molar-refractivity contribution in [1.82, 2.24) is 10.1 Å². The molecule has 0 saturated heterocycles. The summed E-state index contributed by atoms with van der Waals surface area (Å²) in [6.45, 7) is 6.33. The molecule has 0 radical (unpaired) electrons. The standard InChI is InChI=1S/C15H21N3O3/c1-15(2,3)13(19-4)14-17-12(21-18-14)9-20-11-8-6-5-7-10(11)16/h5-8,13H,9,16H2,1-4H3. The number of benzene rings is 1. The summed E-state index contributed by atoms with van der Waals surface area (Å²) in [5, 5.41) is 3.97. The normalized spacial score (nSPS) is 13.1. The number of para-hydroxylation sites is 2. The molecule has 1 heterocycles. The Morgan fingerprint density at radius 2 is 2.00 bits per heavy atom. The van der Waals surface area contributed by atoms with Crippen LogP contribution in [0.1, 0.15) is 38.6 Å². The van der Waals surface area contributed by atoms with Crippen molar-refractivity contribution >= 4 is 5.69 Å². The second-order valence-electron chi connectivity index (χ2n) is 5.85. The van der Waals surface area contributed by atoms with Crippen molar-refractivity contribution in [3.05, 3.63) is 36.0 Å². The molecule has 6 heteroatoms. The maximum Gasteiger partial charge on any atom is 0.264 e. The molecule has 1 aromatic heterocycles.